The number of fused-ring (bicyclic) bond motifs is 3. The first-order valence-electron chi connectivity index (χ1n) is 8.45. The molecular weight excluding hydrogens is 290 g/mol. The highest BCUT2D eigenvalue weighted by Gasteiger charge is 2.10. The molecular formula is C23H21N. The molecule has 4 aromatic rings. The number of benzene rings is 4. The lowest BCUT2D eigenvalue weighted by molar-refractivity contribution is 0.869. The van der Waals surface area contributed by atoms with Gasteiger partial charge in [0.25, 0.3) is 0 Å². The summed E-state index contributed by atoms with van der Waals surface area (Å²) in [5.41, 5.74) is 10.7. The number of anilines is 1. The highest BCUT2D eigenvalue weighted by Crippen LogP contribution is 2.36. The first kappa shape index (κ1) is 14.8. The smallest absolute Gasteiger partial charge is 0.0320 e. The number of nitrogen functional groups attached to an aromatic ring is 1. The molecule has 1 nitrogen and oxygen atoms in total. The van der Waals surface area contributed by atoms with Crippen LogP contribution >= 0.6 is 0 Å². The highest BCUT2D eigenvalue weighted by atomic mass is 14.5. The molecule has 0 radical (unpaired) electrons. The third kappa shape index (κ3) is 2.43. The standard InChI is InChI=1S/C23H21N/c1-15(2)17-8-10-20-18(12-17)13-22(16-6-4-3-5-7-16)23-14-19(24)9-11-21(20)23/h3-15H,24H2,1-2H3. The molecule has 0 aliphatic carbocycles. The molecule has 0 atom stereocenters. The zero-order chi connectivity index (χ0) is 16.7. The first-order chi connectivity index (χ1) is 11.6. The van der Waals surface area contributed by atoms with Gasteiger partial charge in [0.15, 0.2) is 0 Å². The van der Waals surface area contributed by atoms with Crippen LogP contribution in [0.5, 0.6) is 0 Å². The summed E-state index contributed by atoms with van der Waals surface area (Å²) in [4.78, 5) is 0. The second-order valence-corrected chi connectivity index (χ2v) is 6.73. The molecule has 0 unspecified atom stereocenters. The first-order valence-corrected chi connectivity index (χ1v) is 8.45. The SMILES string of the molecule is CC(C)c1ccc2c(c1)cc(-c1ccccc1)c1cc(N)ccc12. The van der Waals surface area contributed by atoms with Crippen LogP contribution in [0.3, 0.4) is 0 Å². The molecule has 0 saturated heterocycles. The van der Waals surface area contributed by atoms with E-state index >= 15 is 0 Å². The van der Waals surface area contributed by atoms with Crippen LogP contribution < -0.4 is 5.73 Å². The largest absolute Gasteiger partial charge is 0.399 e. The minimum Gasteiger partial charge on any atom is -0.399 e. The Labute approximate surface area is 142 Å². The normalized spacial score (nSPS) is 11.5. The van der Waals surface area contributed by atoms with Gasteiger partial charge in [-0.25, -0.2) is 0 Å². The Morgan fingerprint density at radius 3 is 2.21 bits per heavy atom. The molecule has 2 N–H and O–H groups in total. The number of hydrogen-bond donors (Lipinski definition) is 1. The van der Waals surface area contributed by atoms with Crippen LogP contribution in [0, 0.1) is 0 Å². The minimum absolute atomic E-state index is 0.525. The molecule has 0 fully saturated rings. The van der Waals surface area contributed by atoms with Crippen LogP contribution in [0.2, 0.25) is 0 Å². The molecule has 0 spiro atoms. The van der Waals surface area contributed by atoms with Crippen LogP contribution in [0.1, 0.15) is 25.3 Å². The Kier molecular flexibility index (Phi) is 3.50. The lowest BCUT2D eigenvalue weighted by atomic mass is 9.91. The summed E-state index contributed by atoms with van der Waals surface area (Å²) in [6, 6.07) is 25.9. The van der Waals surface area contributed by atoms with Gasteiger partial charge in [-0.1, -0.05) is 68.4 Å². The van der Waals surface area contributed by atoms with E-state index in [1.54, 1.807) is 0 Å². The van der Waals surface area contributed by atoms with Gasteiger partial charge in [0.1, 0.15) is 0 Å². The molecule has 0 aliphatic heterocycles. The van der Waals surface area contributed by atoms with Crippen molar-refractivity contribution in [2.24, 2.45) is 0 Å². The van der Waals surface area contributed by atoms with Crippen molar-refractivity contribution < 1.29 is 0 Å². The van der Waals surface area contributed by atoms with E-state index in [9.17, 15) is 0 Å². The average molecular weight is 311 g/mol. The van der Waals surface area contributed by atoms with Gasteiger partial charge in [0, 0.05) is 5.69 Å². The molecule has 0 bridgehead atoms. The van der Waals surface area contributed by atoms with E-state index in [-0.39, 0.29) is 0 Å². The average Bonchev–Trinajstić information content (AvgIpc) is 2.61. The molecule has 0 aliphatic rings. The summed E-state index contributed by atoms with van der Waals surface area (Å²) in [5.74, 6) is 0.525. The van der Waals surface area contributed by atoms with Gasteiger partial charge >= 0.3 is 0 Å². The number of rotatable bonds is 2. The molecule has 24 heavy (non-hydrogen) atoms. The number of hydrogen-bond acceptors (Lipinski definition) is 1. The molecule has 0 heterocycles. The van der Waals surface area contributed by atoms with Crippen molar-refractivity contribution in [1.29, 1.82) is 0 Å². The van der Waals surface area contributed by atoms with Crippen molar-refractivity contribution >= 4 is 27.2 Å². The minimum atomic E-state index is 0.525. The molecule has 1 heteroatoms. The number of nitrogens with two attached hydrogens (primary N) is 1. The fraction of sp³-hybridized carbons (Fsp3) is 0.130. The third-order valence-corrected chi connectivity index (χ3v) is 4.75. The summed E-state index contributed by atoms with van der Waals surface area (Å²) >= 11 is 0. The topological polar surface area (TPSA) is 26.0 Å². The van der Waals surface area contributed by atoms with Crippen molar-refractivity contribution in [3.05, 3.63) is 78.4 Å². The van der Waals surface area contributed by atoms with E-state index in [1.165, 1.54) is 38.2 Å². The van der Waals surface area contributed by atoms with E-state index in [4.69, 9.17) is 5.73 Å². The molecule has 4 rings (SSSR count). The van der Waals surface area contributed by atoms with Crippen LogP contribution in [-0.2, 0) is 0 Å². The Hall–Kier alpha value is -2.80. The molecule has 0 aromatic heterocycles. The summed E-state index contributed by atoms with van der Waals surface area (Å²) in [6.45, 7) is 4.47. The summed E-state index contributed by atoms with van der Waals surface area (Å²) in [6.07, 6.45) is 0. The van der Waals surface area contributed by atoms with Crippen molar-refractivity contribution in [2.75, 3.05) is 5.73 Å². The Morgan fingerprint density at radius 2 is 1.46 bits per heavy atom. The van der Waals surface area contributed by atoms with Crippen molar-refractivity contribution in [1.82, 2.24) is 0 Å². The Bertz CT molecular complexity index is 1030. The Balaban J connectivity index is 2.13. The predicted octanol–water partition coefficient (Wildman–Crippen LogP) is 6.37. The van der Waals surface area contributed by atoms with Gasteiger partial charge in [-0.2, -0.15) is 0 Å². The van der Waals surface area contributed by atoms with Gasteiger partial charge in [-0.3, -0.25) is 0 Å². The van der Waals surface area contributed by atoms with E-state index in [0.717, 1.165) is 5.69 Å². The van der Waals surface area contributed by atoms with E-state index in [2.05, 4.69) is 80.6 Å². The summed E-state index contributed by atoms with van der Waals surface area (Å²) in [7, 11) is 0. The van der Waals surface area contributed by atoms with Crippen LogP contribution in [0.25, 0.3) is 32.7 Å². The zero-order valence-electron chi connectivity index (χ0n) is 14.1. The van der Waals surface area contributed by atoms with E-state index in [1.807, 2.05) is 6.07 Å². The maximum absolute atomic E-state index is 6.08. The predicted molar refractivity (Wildman–Crippen MR) is 105 cm³/mol. The lowest BCUT2D eigenvalue weighted by Gasteiger charge is -2.14. The fourth-order valence-electron chi connectivity index (χ4n) is 3.41. The fourth-order valence-corrected chi connectivity index (χ4v) is 3.41. The highest BCUT2D eigenvalue weighted by molar-refractivity contribution is 6.14. The van der Waals surface area contributed by atoms with Gasteiger partial charge in [0.05, 0.1) is 0 Å². The maximum Gasteiger partial charge on any atom is 0.0320 e. The van der Waals surface area contributed by atoms with Crippen LogP contribution in [-0.4, -0.2) is 0 Å². The maximum atomic E-state index is 6.08. The second kappa shape index (κ2) is 5.68. The Morgan fingerprint density at radius 1 is 0.708 bits per heavy atom. The zero-order valence-corrected chi connectivity index (χ0v) is 14.1. The summed E-state index contributed by atoms with van der Waals surface area (Å²) < 4.78 is 0. The van der Waals surface area contributed by atoms with E-state index < -0.39 is 0 Å². The second-order valence-electron chi connectivity index (χ2n) is 6.73. The summed E-state index contributed by atoms with van der Waals surface area (Å²) in [5, 5.41) is 5.05. The van der Waals surface area contributed by atoms with Crippen molar-refractivity contribution in [3.63, 3.8) is 0 Å². The molecule has 0 amide bonds. The van der Waals surface area contributed by atoms with Gasteiger partial charge in [0.2, 0.25) is 0 Å². The van der Waals surface area contributed by atoms with Gasteiger partial charge in [-0.05, 0) is 62.4 Å². The van der Waals surface area contributed by atoms with Gasteiger partial charge < -0.3 is 5.73 Å². The van der Waals surface area contributed by atoms with Crippen molar-refractivity contribution in [2.45, 2.75) is 19.8 Å². The lowest BCUT2D eigenvalue weighted by Crippen LogP contribution is -1.91. The third-order valence-electron chi connectivity index (χ3n) is 4.75. The monoisotopic (exact) mass is 311 g/mol. The van der Waals surface area contributed by atoms with Crippen molar-refractivity contribution in [3.8, 4) is 11.1 Å². The van der Waals surface area contributed by atoms with Crippen LogP contribution in [0.15, 0.2) is 72.8 Å². The molecule has 4 aromatic carbocycles. The quantitative estimate of drug-likeness (QED) is 0.338. The van der Waals surface area contributed by atoms with E-state index in [0.29, 0.717) is 5.92 Å². The van der Waals surface area contributed by atoms with Crippen LogP contribution in [0.4, 0.5) is 5.69 Å². The van der Waals surface area contributed by atoms with Gasteiger partial charge in [-0.15, -0.1) is 0 Å². The molecule has 0 saturated carbocycles. The molecule has 118 valence electrons.